The van der Waals surface area contributed by atoms with Gasteiger partial charge in [-0.15, -0.1) is 23.1 Å². The van der Waals surface area contributed by atoms with E-state index in [1.165, 1.54) is 5.01 Å². The van der Waals surface area contributed by atoms with Gasteiger partial charge in [-0.2, -0.15) is 0 Å². The van der Waals surface area contributed by atoms with E-state index >= 15 is 0 Å². The highest BCUT2D eigenvalue weighted by Crippen LogP contribution is 2.14. The summed E-state index contributed by atoms with van der Waals surface area (Å²) >= 11 is 3.29. The number of thiazole rings is 1. The molecule has 0 aliphatic rings. The minimum Gasteiger partial charge on any atom is -0.363 e. The molecule has 0 saturated carbocycles. The van der Waals surface area contributed by atoms with Crippen LogP contribution in [0, 0.1) is 0 Å². The number of nitrogens with zero attached hydrogens (tertiary/aromatic N) is 3. The fourth-order valence-corrected chi connectivity index (χ4v) is 2.41. The van der Waals surface area contributed by atoms with Crippen LogP contribution in [-0.2, 0) is 13.0 Å². The first-order valence-corrected chi connectivity index (χ1v) is 7.45. The molecule has 2 rings (SSSR count). The molecule has 0 spiro atoms. The number of hydrogen-bond acceptors (Lipinski definition) is 6. The largest absolute Gasteiger partial charge is 0.363 e. The Morgan fingerprint density at radius 1 is 1.35 bits per heavy atom. The Labute approximate surface area is 109 Å². The van der Waals surface area contributed by atoms with Crippen molar-refractivity contribution in [2.75, 3.05) is 11.6 Å². The van der Waals surface area contributed by atoms with Crippen LogP contribution < -0.4 is 5.32 Å². The highest BCUT2D eigenvalue weighted by atomic mass is 32.2. The molecule has 0 aromatic carbocycles. The quantitative estimate of drug-likeness (QED) is 0.843. The van der Waals surface area contributed by atoms with Crippen LogP contribution >= 0.6 is 23.1 Å². The lowest BCUT2D eigenvalue weighted by Crippen LogP contribution is -2.02. The summed E-state index contributed by atoms with van der Waals surface area (Å²) in [7, 11) is 0. The molecule has 2 heterocycles. The number of anilines is 1. The fourth-order valence-electron chi connectivity index (χ4n) is 1.31. The third kappa shape index (κ3) is 3.41. The van der Waals surface area contributed by atoms with Crippen LogP contribution in [0.5, 0.6) is 0 Å². The van der Waals surface area contributed by atoms with Gasteiger partial charge in [0.05, 0.1) is 29.6 Å². The highest BCUT2D eigenvalue weighted by Gasteiger charge is 2.01. The maximum absolute atomic E-state index is 4.49. The molecule has 0 radical (unpaired) electrons. The number of aromatic nitrogens is 3. The van der Waals surface area contributed by atoms with Crippen molar-refractivity contribution < 1.29 is 0 Å². The summed E-state index contributed by atoms with van der Waals surface area (Å²) in [5.41, 5.74) is 1.06. The summed E-state index contributed by atoms with van der Waals surface area (Å²) in [4.78, 5) is 13.0. The van der Waals surface area contributed by atoms with E-state index in [9.17, 15) is 0 Å². The predicted octanol–water partition coefficient (Wildman–Crippen LogP) is 2.83. The zero-order valence-corrected chi connectivity index (χ0v) is 11.4. The average molecular weight is 266 g/mol. The molecule has 0 saturated heterocycles. The van der Waals surface area contributed by atoms with Gasteiger partial charge in [-0.05, 0) is 12.7 Å². The van der Waals surface area contributed by atoms with Crippen molar-refractivity contribution in [1.82, 2.24) is 15.0 Å². The maximum Gasteiger partial charge on any atom is 0.146 e. The summed E-state index contributed by atoms with van der Waals surface area (Å²) < 4.78 is 0. The van der Waals surface area contributed by atoms with E-state index in [2.05, 4.69) is 32.6 Å². The molecule has 90 valence electrons. The minimum absolute atomic E-state index is 0.697. The number of hydrogen-bond donors (Lipinski definition) is 1. The second-order valence-corrected chi connectivity index (χ2v) is 5.16. The second-order valence-electron chi connectivity index (χ2n) is 3.39. The van der Waals surface area contributed by atoms with Crippen LogP contribution in [0.2, 0.25) is 0 Å². The Morgan fingerprint density at radius 2 is 2.24 bits per heavy atom. The van der Waals surface area contributed by atoms with Crippen LogP contribution in [0.25, 0.3) is 0 Å². The van der Waals surface area contributed by atoms with Gasteiger partial charge in [0.25, 0.3) is 0 Å². The third-order valence-corrected chi connectivity index (χ3v) is 3.83. The summed E-state index contributed by atoms with van der Waals surface area (Å²) in [5, 5.41) is 7.40. The molecule has 0 bridgehead atoms. The second kappa shape index (κ2) is 5.97. The zero-order valence-electron chi connectivity index (χ0n) is 9.80. The zero-order chi connectivity index (χ0) is 12.1. The van der Waals surface area contributed by atoms with Gasteiger partial charge in [-0.3, -0.25) is 4.98 Å². The molecule has 0 atom stereocenters. The lowest BCUT2D eigenvalue weighted by Gasteiger charge is -2.03. The van der Waals surface area contributed by atoms with Gasteiger partial charge >= 0.3 is 0 Å². The van der Waals surface area contributed by atoms with Crippen LogP contribution in [0.4, 0.5) is 5.82 Å². The first-order chi connectivity index (χ1) is 8.31. The van der Waals surface area contributed by atoms with Crippen LogP contribution in [0.3, 0.4) is 0 Å². The molecule has 2 aromatic heterocycles. The highest BCUT2D eigenvalue weighted by molar-refractivity contribution is 7.98. The molecule has 2 aromatic rings. The van der Waals surface area contributed by atoms with Crippen molar-refractivity contribution in [3.8, 4) is 0 Å². The van der Waals surface area contributed by atoms with Gasteiger partial charge in [0.2, 0.25) is 0 Å². The van der Waals surface area contributed by atoms with E-state index in [0.29, 0.717) is 6.54 Å². The van der Waals surface area contributed by atoms with Gasteiger partial charge in [-0.25, -0.2) is 9.97 Å². The van der Waals surface area contributed by atoms with Crippen LogP contribution in [-0.4, -0.2) is 21.2 Å². The standard InChI is InChI=1S/C11H14N4S2/c1-3-10-14-8(7-17-10)4-13-9-5-12-6-11(15-9)16-2/h5-7H,3-4H2,1-2H3,(H,13,15). The smallest absolute Gasteiger partial charge is 0.146 e. The molecule has 17 heavy (non-hydrogen) atoms. The van der Waals surface area contributed by atoms with E-state index in [1.54, 1.807) is 35.5 Å². The molecule has 0 unspecified atom stereocenters. The Bertz CT molecular complexity index is 484. The van der Waals surface area contributed by atoms with E-state index in [0.717, 1.165) is 23.0 Å². The minimum atomic E-state index is 0.697. The Morgan fingerprint density at radius 3 is 2.94 bits per heavy atom. The van der Waals surface area contributed by atoms with Gasteiger partial charge in [0, 0.05) is 5.38 Å². The summed E-state index contributed by atoms with van der Waals surface area (Å²) in [6.45, 7) is 2.81. The maximum atomic E-state index is 4.49. The van der Waals surface area contributed by atoms with Crippen molar-refractivity contribution in [1.29, 1.82) is 0 Å². The summed E-state index contributed by atoms with van der Waals surface area (Å²) in [5.74, 6) is 0.794. The molecule has 6 heteroatoms. The summed E-state index contributed by atoms with van der Waals surface area (Å²) in [6.07, 6.45) is 6.47. The normalized spacial score (nSPS) is 10.5. The van der Waals surface area contributed by atoms with E-state index in [-0.39, 0.29) is 0 Å². The molecule has 0 aliphatic heterocycles. The van der Waals surface area contributed by atoms with Crippen molar-refractivity contribution in [3.63, 3.8) is 0 Å². The van der Waals surface area contributed by atoms with Crippen molar-refractivity contribution >= 4 is 28.9 Å². The monoisotopic (exact) mass is 266 g/mol. The van der Waals surface area contributed by atoms with Gasteiger partial charge in [-0.1, -0.05) is 6.92 Å². The number of nitrogens with one attached hydrogen (secondary N) is 1. The predicted molar refractivity (Wildman–Crippen MR) is 72.6 cm³/mol. The van der Waals surface area contributed by atoms with Crippen molar-refractivity contribution in [2.24, 2.45) is 0 Å². The Balaban J connectivity index is 1.96. The molecule has 4 nitrogen and oxygen atoms in total. The molecule has 0 amide bonds. The van der Waals surface area contributed by atoms with Crippen LogP contribution in [0.15, 0.2) is 22.8 Å². The first-order valence-electron chi connectivity index (χ1n) is 5.35. The lowest BCUT2D eigenvalue weighted by molar-refractivity contribution is 0.977. The van der Waals surface area contributed by atoms with Gasteiger partial charge in [0.1, 0.15) is 10.8 Å². The van der Waals surface area contributed by atoms with E-state index < -0.39 is 0 Å². The number of rotatable bonds is 5. The fraction of sp³-hybridized carbons (Fsp3) is 0.364. The molecule has 0 fully saturated rings. The number of thioether (sulfide) groups is 1. The van der Waals surface area contributed by atoms with Crippen molar-refractivity contribution in [3.05, 3.63) is 28.5 Å². The summed E-state index contributed by atoms with van der Waals surface area (Å²) in [6, 6.07) is 0. The van der Waals surface area contributed by atoms with E-state index in [4.69, 9.17) is 0 Å². The Kier molecular flexibility index (Phi) is 4.33. The Hall–Kier alpha value is -1.14. The molecule has 0 aliphatic carbocycles. The molecule has 1 N–H and O–H groups in total. The third-order valence-electron chi connectivity index (χ3n) is 2.17. The SMILES string of the molecule is CCc1nc(CNc2cncc(SC)n2)cs1. The van der Waals surface area contributed by atoms with E-state index in [1.807, 2.05) is 6.26 Å². The lowest BCUT2D eigenvalue weighted by atomic mass is 10.4. The average Bonchev–Trinajstić information content (AvgIpc) is 2.84. The molecular weight excluding hydrogens is 252 g/mol. The van der Waals surface area contributed by atoms with Crippen LogP contribution in [0.1, 0.15) is 17.6 Å². The van der Waals surface area contributed by atoms with Gasteiger partial charge < -0.3 is 5.32 Å². The first kappa shape index (κ1) is 12.3. The molecular formula is C11H14N4S2. The number of aryl methyl sites for hydroxylation is 1. The topological polar surface area (TPSA) is 50.7 Å². The van der Waals surface area contributed by atoms with Crippen molar-refractivity contribution in [2.45, 2.75) is 24.9 Å². The van der Waals surface area contributed by atoms with Gasteiger partial charge in [0.15, 0.2) is 0 Å².